The molecule has 2 unspecified atom stereocenters. The van der Waals surface area contributed by atoms with Crippen molar-refractivity contribution >= 4 is 23.5 Å². The minimum Gasteiger partial charge on any atom is -0.493 e. The van der Waals surface area contributed by atoms with Gasteiger partial charge in [0.25, 0.3) is 5.91 Å². The highest BCUT2D eigenvalue weighted by Gasteiger charge is 2.40. The molecule has 35 heavy (non-hydrogen) atoms. The number of amides is 2. The van der Waals surface area contributed by atoms with Crippen LogP contribution in [0, 0.1) is 0 Å². The second kappa shape index (κ2) is 10.5. The number of esters is 1. The van der Waals surface area contributed by atoms with Gasteiger partial charge in [-0.15, -0.1) is 0 Å². The van der Waals surface area contributed by atoms with Gasteiger partial charge in [-0.3, -0.25) is 9.59 Å². The average molecular weight is 481 g/mol. The van der Waals surface area contributed by atoms with Gasteiger partial charge < -0.3 is 29.4 Å². The lowest BCUT2D eigenvalue weighted by Gasteiger charge is -2.31. The lowest BCUT2D eigenvalue weighted by atomic mass is 10.0. The highest BCUT2D eigenvalue weighted by Crippen LogP contribution is 2.35. The molecule has 0 radical (unpaired) electrons. The van der Waals surface area contributed by atoms with E-state index in [2.05, 4.69) is 10.7 Å². The van der Waals surface area contributed by atoms with Crippen LogP contribution in [0.15, 0.2) is 54.9 Å². The Hall–Kier alpha value is -4.05. The van der Waals surface area contributed by atoms with E-state index in [4.69, 9.17) is 14.2 Å². The maximum atomic E-state index is 13.1. The summed E-state index contributed by atoms with van der Waals surface area (Å²) in [6, 6.07) is 11.5. The van der Waals surface area contributed by atoms with Gasteiger partial charge in [0.1, 0.15) is 12.6 Å². The van der Waals surface area contributed by atoms with Crippen molar-refractivity contribution in [3.8, 4) is 11.5 Å². The summed E-state index contributed by atoms with van der Waals surface area (Å²) in [7, 11) is 3.16. The summed E-state index contributed by atoms with van der Waals surface area (Å²) in [6.07, 6.45) is 3.88. The van der Waals surface area contributed by atoms with Crippen LogP contribution in [0.2, 0.25) is 0 Å². The summed E-state index contributed by atoms with van der Waals surface area (Å²) in [5.41, 5.74) is 5.22. The Morgan fingerprint density at radius 1 is 1.06 bits per heavy atom. The Morgan fingerprint density at radius 3 is 2.49 bits per heavy atom. The smallest absolute Gasteiger partial charge is 0.338 e. The first-order chi connectivity index (χ1) is 16.9. The van der Waals surface area contributed by atoms with Gasteiger partial charge in [-0.2, -0.15) is 0 Å². The Balaban J connectivity index is 1.36. The molecule has 0 aliphatic carbocycles. The topological polar surface area (TPSA) is 109 Å². The molecule has 2 atom stereocenters. The number of carbonyl (C=O) groups excluding carboxylic acids is 3. The fraction of sp³-hybridized carbons (Fsp3) is 0.320. The van der Waals surface area contributed by atoms with Crippen LogP contribution in [0.1, 0.15) is 35.3 Å². The van der Waals surface area contributed by atoms with E-state index in [1.165, 1.54) is 4.90 Å². The number of anilines is 1. The van der Waals surface area contributed by atoms with Crippen molar-refractivity contribution < 1.29 is 28.6 Å². The summed E-state index contributed by atoms with van der Waals surface area (Å²) >= 11 is 0. The summed E-state index contributed by atoms with van der Waals surface area (Å²) in [5.74, 6) is 0.317. The molecular weight excluding hydrogens is 452 g/mol. The fourth-order valence-corrected chi connectivity index (χ4v) is 4.11. The highest BCUT2D eigenvalue weighted by atomic mass is 16.5. The molecular formula is C25H28N4O6. The van der Waals surface area contributed by atoms with E-state index < -0.39 is 12.0 Å². The van der Waals surface area contributed by atoms with Crippen molar-refractivity contribution in [3.63, 3.8) is 0 Å². The molecule has 10 nitrogen and oxygen atoms in total. The Labute approximate surface area is 203 Å². The Bertz CT molecular complexity index is 1130. The van der Waals surface area contributed by atoms with Crippen molar-refractivity contribution in [2.45, 2.75) is 25.4 Å². The summed E-state index contributed by atoms with van der Waals surface area (Å²) in [6.45, 7) is 1.90. The van der Waals surface area contributed by atoms with Gasteiger partial charge in [0.2, 0.25) is 5.91 Å². The molecule has 1 saturated heterocycles. The Kier molecular flexibility index (Phi) is 7.21. The van der Waals surface area contributed by atoms with Crippen LogP contribution in [0.4, 0.5) is 5.69 Å². The zero-order valence-electron chi connectivity index (χ0n) is 19.8. The first-order valence-electron chi connectivity index (χ1n) is 11.3. The predicted molar refractivity (Wildman–Crippen MR) is 128 cm³/mol. The van der Waals surface area contributed by atoms with Crippen molar-refractivity contribution in [3.05, 3.63) is 66.0 Å². The van der Waals surface area contributed by atoms with E-state index in [0.29, 0.717) is 29.2 Å². The first-order valence-corrected chi connectivity index (χ1v) is 11.3. The predicted octanol–water partition coefficient (Wildman–Crippen LogP) is 2.45. The summed E-state index contributed by atoms with van der Waals surface area (Å²) < 4.78 is 15.6. The second-order valence-electron chi connectivity index (χ2n) is 8.07. The molecule has 184 valence electrons. The van der Waals surface area contributed by atoms with Gasteiger partial charge in [0.05, 0.1) is 32.4 Å². The second-order valence-corrected chi connectivity index (χ2v) is 8.07. The molecule has 2 aromatic carbocycles. The third-order valence-electron chi connectivity index (χ3n) is 5.88. The number of methoxy groups -OCH3 is 2. The van der Waals surface area contributed by atoms with E-state index in [-0.39, 0.29) is 31.0 Å². The zero-order chi connectivity index (χ0) is 24.9. The lowest BCUT2D eigenvalue weighted by Crippen LogP contribution is -2.49. The van der Waals surface area contributed by atoms with E-state index >= 15 is 0 Å². The summed E-state index contributed by atoms with van der Waals surface area (Å²) in [4.78, 5) is 38.8. The molecule has 2 aliphatic heterocycles. The zero-order valence-corrected chi connectivity index (χ0v) is 19.8. The van der Waals surface area contributed by atoms with Gasteiger partial charge in [-0.25, -0.2) is 10.2 Å². The van der Waals surface area contributed by atoms with Crippen LogP contribution in [0.25, 0.3) is 0 Å². The van der Waals surface area contributed by atoms with Gasteiger partial charge in [-0.1, -0.05) is 6.07 Å². The van der Waals surface area contributed by atoms with Crippen LogP contribution in [0.5, 0.6) is 11.5 Å². The molecule has 2 aliphatic rings. The van der Waals surface area contributed by atoms with Gasteiger partial charge in [-0.05, 0) is 55.3 Å². The normalized spacial score (nSPS) is 18.8. The van der Waals surface area contributed by atoms with Gasteiger partial charge in [0, 0.05) is 18.1 Å². The van der Waals surface area contributed by atoms with Crippen LogP contribution in [-0.2, 0) is 14.3 Å². The van der Waals surface area contributed by atoms with Gasteiger partial charge in [0.15, 0.2) is 11.5 Å². The number of hydrogen-bond donors (Lipinski definition) is 2. The van der Waals surface area contributed by atoms with E-state index in [9.17, 15) is 14.4 Å². The fourth-order valence-electron chi connectivity index (χ4n) is 4.11. The molecule has 1 fully saturated rings. The van der Waals surface area contributed by atoms with Crippen LogP contribution < -0.4 is 20.2 Å². The monoisotopic (exact) mass is 480 g/mol. The van der Waals surface area contributed by atoms with E-state index in [1.54, 1.807) is 62.8 Å². The van der Waals surface area contributed by atoms with Crippen LogP contribution >= 0.6 is 0 Å². The number of hydrazine groups is 1. The average Bonchev–Trinajstić information content (AvgIpc) is 3.31. The quantitative estimate of drug-likeness (QED) is 0.555. The molecule has 2 heterocycles. The van der Waals surface area contributed by atoms with Crippen molar-refractivity contribution in [1.82, 2.24) is 15.3 Å². The molecule has 2 amide bonds. The molecule has 4 rings (SSSR count). The van der Waals surface area contributed by atoms with Gasteiger partial charge >= 0.3 is 5.97 Å². The minimum absolute atomic E-state index is 0.0971. The molecule has 0 aromatic heterocycles. The molecule has 2 aromatic rings. The third-order valence-corrected chi connectivity index (χ3v) is 5.88. The number of fused-ring (bicyclic) bond motifs is 1. The number of nitrogens with zero attached hydrogens (tertiary/aromatic N) is 2. The number of hydrogen-bond acceptors (Lipinski definition) is 8. The maximum Gasteiger partial charge on any atom is 0.338 e. The van der Waals surface area contributed by atoms with E-state index in [0.717, 1.165) is 5.56 Å². The van der Waals surface area contributed by atoms with Crippen molar-refractivity contribution in [2.24, 2.45) is 0 Å². The number of rotatable bonds is 8. The molecule has 10 heteroatoms. The largest absolute Gasteiger partial charge is 0.493 e. The highest BCUT2D eigenvalue weighted by molar-refractivity contribution is 5.96. The van der Waals surface area contributed by atoms with Crippen molar-refractivity contribution in [1.29, 1.82) is 0 Å². The van der Waals surface area contributed by atoms with Crippen molar-refractivity contribution in [2.75, 3.05) is 32.7 Å². The van der Waals surface area contributed by atoms with Crippen LogP contribution in [0.3, 0.4) is 0 Å². The molecule has 2 N–H and O–H groups in total. The lowest BCUT2D eigenvalue weighted by molar-refractivity contribution is -0.137. The molecule has 0 bridgehead atoms. The molecule has 0 saturated carbocycles. The standard InChI is InChI=1S/C25H28N4O6/c1-4-35-25(32)16-5-8-18(9-6-16)26-23(30)15-28-11-12-29-20(24(28)31)14-19(27-29)17-7-10-21(33-2)22(13-17)34-3/h5-13,19-20,27H,4,14-15H2,1-3H3,(H,26,30). The summed E-state index contributed by atoms with van der Waals surface area (Å²) in [5, 5.41) is 4.52. The Morgan fingerprint density at radius 2 is 1.80 bits per heavy atom. The third kappa shape index (κ3) is 5.22. The SMILES string of the molecule is CCOC(=O)c1ccc(NC(=O)CN2C=CN3NC(c4ccc(OC)c(OC)c4)CC3C2=O)cc1. The van der Waals surface area contributed by atoms with Crippen LogP contribution in [-0.4, -0.2) is 61.1 Å². The minimum atomic E-state index is -0.435. The molecule has 0 spiro atoms. The first kappa shape index (κ1) is 24.1. The number of ether oxygens (including phenoxy) is 3. The number of carbonyl (C=O) groups is 3. The maximum absolute atomic E-state index is 13.1. The number of nitrogens with one attached hydrogen (secondary N) is 2. The van der Waals surface area contributed by atoms with E-state index in [1.807, 2.05) is 18.2 Å². The number of benzene rings is 2.